The molecule has 0 aromatic rings. The van der Waals surface area contributed by atoms with Crippen molar-refractivity contribution in [1.29, 1.82) is 0 Å². The van der Waals surface area contributed by atoms with Crippen molar-refractivity contribution < 1.29 is 0 Å². The van der Waals surface area contributed by atoms with E-state index in [4.69, 9.17) is 0 Å². The quantitative estimate of drug-likeness (QED) is 0.493. The highest BCUT2D eigenvalue weighted by molar-refractivity contribution is 5.27. The van der Waals surface area contributed by atoms with E-state index >= 15 is 0 Å². The minimum Gasteiger partial charge on any atom is -0.0958 e. The molecule has 0 radical (unpaired) electrons. The van der Waals surface area contributed by atoms with Crippen LogP contribution in [0.25, 0.3) is 0 Å². The van der Waals surface area contributed by atoms with Crippen LogP contribution >= 0.6 is 0 Å². The molecule has 1 fully saturated rings. The zero-order valence-electron chi connectivity index (χ0n) is 7.10. The van der Waals surface area contributed by atoms with Crippen LogP contribution in [0.2, 0.25) is 0 Å². The predicted octanol–water partition coefficient (Wildman–Crippen LogP) is 3.45. The summed E-state index contributed by atoms with van der Waals surface area (Å²) in [4.78, 5) is 0. The van der Waals surface area contributed by atoms with Gasteiger partial charge in [-0.05, 0) is 38.0 Å². The Bertz CT molecular complexity index is 198. The molecule has 1 atom stereocenters. The second-order valence-corrected chi connectivity index (χ2v) is 3.86. The summed E-state index contributed by atoms with van der Waals surface area (Å²) in [5.74, 6) is 0.939. The molecule has 0 spiro atoms. The molecular weight excluding hydrogens is 132 g/mol. The summed E-state index contributed by atoms with van der Waals surface area (Å²) in [5.41, 5.74) is 3.06. The Morgan fingerprint density at radius 1 is 1.18 bits per heavy atom. The van der Waals surface area contributed by atoms with Crippen molar-refractivity contribution in [3.8, 4) is 0 Å². The van der Waals surface area contributed by atoms with Crippen molar-refractivity contribution in [2.24, 2.45) is 5.92 Å². The summed E-state index contributed by atoms with van der Waals surface area (Å²) >= 11 is 0. The first-order valence-electron chi connectivity index (χ1n) is 4.74. The molecule has 1 saturated carbocycles. The van der Waals surface area contributed by atoms with Gasteiger partial charge in [-0.1, -0.05) is 30.2 Å². The lowest BCUT2D eigenvalue weighted by Crippen LogP contribution is -2.13. The molecular formula is C11H16. The molecule has 11 heavy (non-hydrogen) atoms. The van der Waals surface area contributed by atoms with E-state index in [2.05, 4.69) is 12.7 Å². The molecule has 0 heterocycles. The van der Waals surface area contributed by atoms with E-state index in [1.807, 2.05) is 0 Å². The highest BCUT2D eigenvalue weighted by Gasteiger charge is 2.21. The third-order valence-corrected chi connectivity index (χ3v) is 3.00. The van der Waals surface area contributed by atoms with Gasteiger partial charge < -0.3 is 0 Å². The molecule has 0 amide bonds. The van der Waals surface area contributed by atoms with Gasteiger partial charge in [0.05, 0.1) is 0 Å². The lowest BCUT2D eigenvalue weighted by molar-refractivity contribution is 0.419. The SMILES string of the molecule is C=C1C=C2CCCC[C@@H]2CC1. The zero-order valence-corrected chi connectivity index (χ0v) is 7.10. The molecule has 0 aromatic carbocycles. The molecule has 60 valence electrons. The molecule has 2 aliphatic rings. The van der Waals surface area contributed by atoms with Gasteiger partial charge in [-0.2, -0.15) is 0 Å². The normalized spacial score (nSPS) is 31.1. The van der Waals surface area contributed by atoms with E-state index in [1.54, 1.807) is 5.57 Å². The first-order valence-corrected chi connectivity index (χ1v) is 4.74. The Hall–Kier alpha value is -0.520. The summed E-state index contributed by atoms with van der Waals surface area (Å²) in [5, 5.41) is 0. The molecule has 2 aliphatic carbocycles. The number of fused-ring (bicyclic) bond motifs is 1. The molecule has 0 aromatic heterocycles. The third kappa shape index (κ3) is 1.40. The first-order chi connectivity index (χ1) is 5.36. The molecule has 0 bridgehead atoms. The summed E-state index contributed by atoms with van der Waals surface area (Å²) in [6.45, 7) is 4.03. The van der Waals surface area contributed by atoms with Crippen LogP contribution in [0.4, 0.5) is 0 Å². The topological polar surface area (TPSA) is 0 Å². The van der Waals surface area contributed by atoms with Crippen molar-refractivity contribution in [3.63, 3.8) is 0 Å². The van der Waals surface area contributed by atoms with Crippen LogP contribution in [0.1, 0.15) is 38.5 Å². The number of rotatable bonds is 0. The standard InChI is InChI=1S/C11H16/c1-9-6-7-10-4-2-3-5-11(10)8-9/h8,10H,1-7H2/t10-/m1/s1. The van der Waals surface area contributed by atoms with Crippen molar-refractivity contribution in [1.82, 2.24) is 0 Å². The van der Waals surface area contributed by atoms with E-state index in [0.29, 0.717) is 0 Å². The molecule has 0 aliphatic heterocycles. The van der Waals surface area contributed by atoms with E-state index in [0.717, 1.165) is 5.92 Å². The van der Waals surface area contributed by atoms with Crippen molar-refractivity contribution in [3.05, 3.63) is 23.8 Å². The Kier molecular flexibility index (Phi) is 1.85. The van der Waals surface area contributed by atoms with E-state index in [-0.39, 0.29) is 0 Å². The van der Waals surface area contributed by atoms with Gasteiger partial charge in [-0.25, -0.2) is 0 Å². The van der Waals surface area contributed by atoms with Crippen molar-refractivity contribution in [2.75, 3.05) is 0 Å². The smallest absolute Gasteiger partial charge is 0.0197 e. The highest BCUT2D eigenvalue weighted by Crippen LogP contribution is 2.37. The Balaban J connectivity index is 2.16. The van der Waals surface area contributed by atoms with Gasteiger partial charge in [0.1, 0.15) is 0 Å². The monoisotopic (exact) mass is 148 g/mol. The fourth-order valence-corrected chi connectivity index (χ4v) is 2.32. The van der Waals surface area contributed by atoms with Gasteiger partial charge in [0.15, 0.2) is 0 Å². The molecule has 0 unspecified atom stereocenters. The fraction of sp³-hybridized carbons (Fsp3) is 0.636. The van der Waals surface area contributed by atoms with Gasteiger partial charge in [-0.3, -0.25) is 0 Å². The average Bonchev–Trinajstić information content (AvgIpc) is 2.04. The van der Waals surface area contributed by atoms with Gasteiger partial charge in [0.2, 0.25) is 0 Å². The predicted molar refractivity (Wildman–Crippen MR) is 48.4 cm³/mol. The fourth-order valence-electron chi connectivity index (χ4n) is 2.32. The van der Waals surface area contributed by atoms with Gasteiger partial charge in [0.25, 0.3) is 0 Å². The minimum atomic E-state index is 0.939. The van der Waals surface area contributed by atoms with Crippen LogP contribution in [-0.2, 0) is 0 Å². The second kappa shape index (κ2) is 2.84. The largest absolute Gasteiger partial charge is 0.0958 e. The average molecular weight is 148 g/mol. The van der Waals surface area contributed by atoms with Crippen LogP contribution in [0.15, 0.2) is 23.8 Å². The van der Waals surface area contributed by atoms with Crippen molar-refractivity contribution in [2.45, 2.75) is 38.5 Å². The number of allylic oxidation sites excluding steroid dienone is 3. The van der Waals surface area contributed by atoms with Crippen LogP contribution in [-0.4, -0.2) is 0 Å². The van der Waals surface area contributed by atoms with Gasteiger partial charge >= 0.3 is 0 Å². The molecule has 0 N–H and O–H groups in total. The molecule has 0 heteroatoms. The Morgan fingerprint density at radius 3 is 3.00 bits per heavy atom. The maximum Gasteiger partial charge on any atom is -0.0197 e. The second-order valence-electron chi connectivity index (χ2n) is 3.86. The van der Waals surface area contributed by atoms with Gasteiger partial charge in [0, 0.05) is 0 Å². The summed E-state index contributed by atoms with van der Waals surface area (Å²) in [6, 6.07) is 0. The van der Waals surface area contributed by atoms with Gasteiger partial charge in [-0.15, -0.1) is 0 Å². The maximum atomic E-state index is 4.03. The lowest BCUT2D eigenvalue weighted by Gasteiger charge is -2.29. The van der Waals surface area contributed by atoms with Crippen LogP contribution in [0, 0.1) is 5.92 Å². The number of hydrogen-bond acceptors (Lipinski definition) is 0. The third-order valence-electron chi connectivity index (χ3n) is 3.00. The molecule has 2 rings (SSSR count). The van der Waals surface area contributed by atoms with Crippen molar-refractivity contribution >= 4 is 0 Å². The number of hydrogen-bond donors (Lipinski definition) is 0. The van der Waals surface area contributed by atoms with E-state index in [9.17, 15) is 0 Å². The summed E-state index contributed by atoms with van der Waals surface area (Å²) in [6.07, 6.45) is 10.6. The molecule has 0 nitrogen and oxygen atoms in total. The van der Waals surface area contributed by atoms with E-state index < -0.39 is 0 Å². The first kappa shape index (κ1) is 7.15. The van der Waals surface area contributed by atoms with Crippen LogP contribution in [0.3, 0.4) is 0 Å². The maximum absolute atomic E-state index is 4.03. The Labute approximate surface area is 69.0 Å². The Morgan fingerprint density at radius 2 is 2.09 bits per heavy atom. The highest BCUT2D eigenvalue weighted by atomic mass is 14.3. The van der Waals surface area contributed by atoms with E-state index in [1.165, 1.54) is 44.1 Å². The zero-order chi connectivity index (χ0) is 7.68. The van der Waals surface area contributed by atoms with Crippen LogP contribution in [0.5, 0.6) is 0 Å². The lowest BCUT2D eigenvalue weighted by atomic mass is 9.77. The van der Waals surface area contributed by atoms with Crippen LogP contribution < -0.4 is 0 Å². The minimum absolute atomic E-state index is 0.939. The summed E-state index contributed by atoms with van der Waals surface area (Å²) in [7, 11) is 0. The molecule has 0 saturated heterocycles. The summed E-state index contributed by atoms with van der Waals surface area (Å²) < 4.78 is 0.